The van der Waals surface area contributed by atoms with E-state index in [2.05, 4.69) is 15.2 Å². The summed E-state index contributed by atoms with van der Waals surface area (Å²) < 4.78 is 15.8. The Bertz CT molecular complexity index is 886. The maximum Gasteiger partial charge on any atom is 0.191 e. The van der Waals surface area contributed by atoms with E-state index in [1.807, 2.05) is 35.8 Å². The van der Waals surface area contributed by atoms with Crippen LogP contribution in [-0.2, 0) is 12.3 Å². The highest BCUT2D eigenvalue weighted by Crippen LogP contribution is 2.26. The molecule has 24 heavy (non-hydrogen) atoms. The number of pyridine rings is 1. The zero-order chi connectivity index (χ0) is 16.9. The molecule has 1 aromatic carbocycles. The molecule has 7 heteroatoms. The van der Waals surface area contributed by atoms with Crippen LogP contribution in [0.5, 0.6) is 0 Å². The molecule has 120 valence electrons. The first-order valence-electron chi connectivity index (χ1n) is 7.39. The van der Waals surface area contributed by atoms with Crippen molar-refractivity contribution in [1.82, 2.24) is 19.7 Å². The Morgan fingerprint density at radius 3 is 2.83 bits per heavy atom. The minimum atomic E-state index is -0.325. The maximum absolute atomic E-state index is 13.9. The summed E-state index contributed by atoms with van der Waals surface area (Å²) >= 11 is 1.39. The molecule has 0 amide bonds. The molecular formula is C17H14FN5S. The predicted molar refractivity (Wildman–Crippen MR) is 89.6 cm³/mol. The van der Waals surface area contributed by atoms with Crippen molar-refractivity contribution < 1.29 is 4.39 Å². The third kappa shape index (κ3) is 3.29. The van der Waals surface area contributed by atoms with Gasteiger partial charge in [-0.2, -0.15) is 5.26 Å². The third-order valence-corrected chi connectivity index (χ3v) is 4.47. The van der Waals surface area contributed by atoms with E-state index in [-0.39, 0.29) is 5.82 Å². The van der Waals surface area contributed by atoms with E-state index in [0.717, 1.165) is 5.69 Å². The largest absolute Gasteiger partial charge is 0.301 e. The lowest BCUT2D eigenvalue weighted by Crippen LogP contribution is -2.01. The van der Waals surface area contributed by atoms with Crippen LogP contribution < -0.4 is 0 Å². The quantitative estimate of drug-likeness (QED) is 0.664. The lowest BCUT2D eigenvalue weighted by Gasteiger charge is -2.07. The van der Waals surface area contributed by atoms with Gasteiger partial charge in [0.2, 0.25) is 0 Å². The van der Waals surface area contributed by atoms with Crippen molar-refractivity contribution in [2.75, 3.05) is 0 Å². The summed E-state index contributed by atoms with van der Waals surface area (Å²) in [5, 5.41) is 18.0. The SMILES string of the molecule is CCn1c(SCc2cc(C#N)ccc2F)nnc1-c1ccccn1. The number of hydrogen-bond acceptors (Lipinski definition) is 5. The number of thioether (sulfide) groups is 1. The van der Waals surface area contributed by atoms with Crippen molar-refractivity contribution in [3.63, 3.8) is 0 Å². The van der Waals surface area contributed by atoms with E-state index < -0.39 is 0 Å². The molecule has 0 N–H and O–H groups in total. The average Bonchev–Trinajstić information content (AvgIpc) is 3.04. The van der Waals surface area contributed by atoms with E-state index in [0.29, 0.717) is 34.4 Å². The summed E-state index contributed by atoms with van der Waals surface area (Å²) in [5.74, 6) is 0.739. The molecule has 2 heterocycles. The highest BCUT2D eigenvalue weighted by Gasteiger charge is 2.15. The topological polar surface area (TPSA) is 67.4 Å². The molecule has 0 fully saturated rings. The molecule has 0 bridgehead atoms. The van der Waals surface area contributed by atoms with Gasteiger partial charge in [-0.05, 0) is 42.8 Å². The summed E-state index contributed by atoms with van der Waals surface area (Å²) in [6.07, 6.45) is 1.71. The second-order valence-electron chi connectivity index (χ2n) is 4.97. The fraction of sp³-hybridized carbons (Fsp3) is 0.176. The third-order valence-electron chi connectivity index (χ3n) is 3.46. The smallest absolute Gasteiger partial charge is 0.191 e. The van der Waals surface area contributed by atoms with Gasteiger partial charge in [0.15, 0.2) is 11.0 Å². The van der Waals surface area contributed by atoms with Crippen LogP contribution in [0.25, 0.3) is 11.5 Å². The Morgan fingerprint density at radius 1 is 1.25 bits per heavy atom. The molecule has 0 aliphatic heterocycles. The van der Waals surface area contributed by atoms with Gasteiger partial charge in [0.1, 0.15) is 11.5 Å². The van der Waals surface area contributed by atoms with E-state index >= 15 is 0 Å². The zero-order valence-electron chi connectivity index (χ0n) is 13.0. The van der Waals surface area contributed by atoms with Crippen LogP contribution in [0.1, 0.15) is 18.1 Å². The van der Waals surface area contributed by atoms with Crippen molar-refractivity contribution in [2.24, 2.45) is 0 Å². The first-order chi connectivity index (χ1) is 11.7. The van der Waals surface area contributed by atoms with Crippen LogP contribution in [0, 0.1) is 17.1 Å². The van der Waals surface area contributed by atoms with Crippen LogP contribution >= 0.6 is 11.8 Å². The standard InChI is InChI=1S/C17H14FN5S/c1-2-23-16(15-5-3-4-8-20-15)21-22-17(23)24-11-13-9-12(10-19)6-7-14(13)18/h3-9H,2,11H2,1H3. The van der Waals surface area contributed by atoms with Gasteiger partial charge in [-0.1, -0.05) is 17.8 Å². The summed E-state index contributed by atoms with van der Waals surface area (Å²) in [7, 11) is 0. The molecule has 0 spiro atoms. The minimum absolute atomic E-state index is 0.325. The van der Waals surface area contributed by atoms with Crippen LogP contribution in [0.3, 0.4) is 0 Å². The predicted octanol–water partition coefficient (Wildman–Crippen LogP) is 3.66. The van der Waals surface area contributed by atoms with Gasteiger partial charge in [-0.3, -0.25) is 4.98 Å². The molecule has 3 aromatic rings. The molecule has 0 saturated carbocycles. The Hall–Kier alpha value is -2.72. The Labute approximate surface area is 143 Å². The van der Waals surface area contributed by atoms with Crippen molar-refractivity contribution in [3.8, 4) is 17.6 Å². The Balaban J connectivity index is 1.84. The second kappa shape index (κ2) is 7.23. The monoisotopic (exact) mass is 339 g/mol. The van der Waals surface area contributed by atoms with Gasteiger partial charge in [0.25, 0.3) is 0 Å². The number of hydrogen-bond donors (Lipinski definition) is 0. The highest BCUT2D eigenvalue weighted by molar-refractivity contribution is 7.98. The highest BCUT2D eigenvalue weighted by atomic mass is 32.2. The number of rotatable bonds is 5. The van der Waals surface area contributed by atoms with Gasteiger partial charge >= 0.3 is 0 Å². The van der Waals surface area contributed by atoms with Gasteiger partial charge < -0.3 is 4.57 Å². The molecule has 0 radical (unpaired) electrons. The molecule has 0 aliphatic carbocycles. The van der Waals surface area contributed by atoms with Crippen molar-refractivity contribution in [1.29, 1.82) is 5.26 Å². The van der Waals surface area contributed by atoms with Crippen molar-refractivity contribution in [3.05, 3.63) is 59.5 Å². The van der Waals surface area contributed by atoms with E-state index in [9.17, 15) is 4.39 Å². The number of nitriles is 1. The molecule has 0 saturated heterocycles. The lowest BCUT2D eigenvalue weighted by molar-refractivity contribution is 0.617. The van der Waals surface area contributed by atoms with E-state index in [1.165, 1.54) is 23.9 Å². The molecular weight excluding hydrogens is 325 g/mol. The lowest BCUT2D eigenvalue weighted by atomic mass is 10.1. The van der Waals surface area contributed by atoms with E-state index in [4.69, 9.17) is 5.26 Å². The Morgan fingerprint density at radius 2 is 2.12 bits per heavy atom. The number of nitrogens with zero attached hydrogens (tertiary/aromatic N) is 5. The van der Waals surface area contributed by atoms with Crippen molar-refractivity contribution >= 4 is 11.8 Å². The fourth-order valence-electron chi connectivity index (χ4n) is 2.26. The maximum atomic E-state index is 13.9. The molecule has 5 nitrogen and oxygen atoms in total. The fourth-order valence-corrected chi connectivity index (χ4v) is 3.24. The first-order valence-corrected chi connectivity index (χ1v) is 8.37. The number of halogens is 1. The summed E-state index contributed by atoms with van der Waals surface area (Å²) in [5.41, 5.74) is 1.67. The normalized spacial score (nSPS) is 10.5. The van der Waals surface area contributed by atoms with Crippen molar-refractivity contribution in [2.45, 2.75) is 24.4 Å². The van der Waals surface area contributed by atoms with Gasteiger partial charge in [0, 0.05) is 18.5 Å². The molecule has 3 rings (SSSR count). The van der Waals surface area contributed by atoms with Gasteiger partial charge in [-0.15, -0.1) is 10.2 Å². The van der Waals surface area contributed by atoms with Crippen LogP contribution in [0.4, 0.5) is 4.39 Å². The van der Waals surface area contributed by atoms with Gasteiger partial charge in [0.05, 0.1) is 11.6 Å². The van der Waals surface area contributed by atoms with Crippen LogP contribution in [-0.4, -0.2) is 19.7 Å². The summed E-state index contributed by atoms with van der Waals surface area (Å²) in [4.78, 5) is 4.30. The summed E-state index contributed by atoms with van der Waals surface area (Å²) in [6.45, 7) is 2.68. The van der Waals surface area contributed by atoms with Crippen LogP contribution in [0.15, 0.2) is 47.8 Å². The average molecular weight is 339 g/mol. The summed E-state index contributed by atoms with van der Waals surface area (Å²) in [6, 6.07) is 12.0. The number of benzene rings is 1. The molecule has 0 aliphatic rings. The molecule has 2 aromatic heterocycles. The van der Waals surface area contributed by atoms with Gasteiger partial charge in [-0.25, -0.2) is 4.39 Å². The van der Waals surface area contributed by atoms with Crippen LogP contribution in [0.2, 0.25) is 0 Å². The number of aromatic nitrogens is 4. The van der Waals surface area contributed by atoms with E-state index in [1.54, 1.807) is 12.3 Å². The minimum Gasteiger partial charge on any atom is -0.301 e. The first kappa shape index (κ1) is 16.1. The molecule has 0 unspecified atom stereocenters. The molecule has 0 atom stereocenters. The zero-order valence-corrected chi connectivity index (χ0v) is 13.8. The Kier molecular flexibility index (Phi) is 4.87. The second-order valence-corrected chi connectivity index (χ2v) is 5.91.